The lowest BCUT2D eigenvalue weighted by Gasteiger charge is -2.44. The molecule has 11 nitrogen and oxygen atoms in total. The molecule has 0 radical (unpaired) electrons. The monoisotopic (exact) mass is 727 g/mol. The minimum absolute atomic E-state index is 0.0895. The third kappa shape index (κ3) is 8.82. The number of carbonyl (C=O) groups excluding carboxylic acids is 5. The third-order valence-corrected chi connectivity index (χ3v) is 14.9. The second kappa shape index (κ2) is 15.2. The van der Waals surface area contributed by atoms with Gasteiger partial charge in [0.1, 0.15) is 12.1 Å². The molecule has 5 aliphatic rings. The van der Waals surface area contributed by atoms with Crippen molar-refractivity contribution in [1.82, 2.24) is 26.2 Å². The summed E-state index contributed by atoms with van der Waals surface area (Å²) in [5, 5.41) is 11.7. The molecule has 5 amide bonds. The summed E-state index contributed by atoms with van der Waals surface area (Å²) in [6, 6.07) is -3.16. The van der Waals surface area contributed by atoms with E-state index in [1.165, 1.54) is 0 Å². The molecule has 4 saturated carbocycles. The fraction of sp³-hybridized carbons (Fsp3) is 0.821. The van der Waals surface area contributed by atoms with Crippen LogP contribution in [0.5, 0.6) is 0 Å². The number of urea groups is 1. The Labute approximate surface area is 307 Å². The number of hydrogen-bond donors (Lipinski definition) is 4. The van der Waals surface area contributed by atoms with E-state index >= 15 is 0 Å². The van der Waals surface area contributed by atoms with Crippen molar-refractivity contribution in [2.75, 3.05) is 18.8 Å². The molecule has 5 rings (SSSR count). The van der Waals surface area contributed by atoms with Gasteiger partial charge in [0.25, 0.3) is 5.91 Å². The van der Waals surface area contributed by atoms with Gasteiger partial charge in [-0.2, -0.15) is 0 Å². The molecule has 1 heterocycles. The van der Waals surface area contributed by atoms with E-state index in [0.29, 0.717) is 18.7 Å². The number of terminal acetylenes is 1. The molecule has 0 aromatic rings. The predicted octanol–water partition coefficient (Wildman–Crippen LogP) is 3.96. The summed E-state index contributed by atoms with van der Waals surface area (Å²) < 4.78 is 12.9. The highest BCUT2D eigenvalue weighted by Crippen LogP contribution is 2.65. The topological polar surface area (TPSA) is 154 Å². The number of nitrogens with one attached hydrogen (secondary N) is 4. The van der Waals surface area contributed by atoms with Gasteiger partial charge in [-0.15, -0.1) is 6.42 Å². The zero-order valence-electron chi connectivity index (χ0n) is 31.7. The van der Waals surface area contributed by atoms with Gasteiger partial charge in [0.05, 0.1) is 18.1 Å². The van der Waals surface area contributed by atoms with E-state index in [2.05, 4.69) is 48.0 Å². The third-order valence-electron chi connectivity index (χ3n) is 12.7. The van der Waals surface area contributed by atoms with Gasteiger partial charge in [0.15, 0.2) is 0 Å². The summed E-state index contributed by atoms with van der Waals surface area (Å²) in [5.74, 6) is 0.603. The quantitative estimate of drug-likeness (QED) is 0.167. The van der Waals surface area contributed by atoms with Gasteiger partial charge in [-0.25, -0.2) is 4.79 Å². The molecule has 4 aliphatic carbocycles. The number of fused-ring (bicyclic) bond motifs is 1. The van der Waals surface area contributed by atoms with Gasteiger partial charge < -0.3 is 26.2 Å². The molecule has 0 spiro atoms. The minimum atomic E-state index is -1.18. The van der Waals surface area contributed by atoms with Crippen LogP contribution in [0.15, 0.2) is 0 Å². The molecule has 0 bridgehead atoms. The molecule has 284 valence electrons. The van der Waals surface area contributed by atoms with Crippen LogP contribution in [0, 0.1) is 40.9 Å². The predicted molar refractivity (Wildman–Crippen MR) is 198 cm³/mol. The van der Waals surface area contributed by atoms with Crippen LogP contribution in [-0.2, 0) is 30.0 Å². The fourth-order valence-corrected chi connectivity index (χ4v) is 10.4. The van der Waals surface area contributed by atoms with Gasteiger partial charge in [-0.1, -0.05) is 78.1 Å². The van der Waals surface area contributed by atoms with Crippen LogP contribution < -0.4 is 21.3 Å². The summed E-state index contributed by atoms with van der Waals surface area (Å²) in [6.07, 6.45) is 16.3. The number of nitrogens with zero attached hydrogens (tertiary/aromatic N) is 1. The van der Waals surface area contributed by atoms with E-state index in [1.807, 2.05) is 20.8 Å². The number of likely N-dealkylation sites (tertiary alicyclic amines) is 1. The Bertz CT molecular complexity index is 1430. The molecule has 2 unspecified atom stereocenters. The second-order valence-electron chi connectivity index (χ2n) is 18.1. The normalized spacial score (nSPS) is 27.8. The fourth-order valence-electron chi connectivity index (χ4n) is 9.12. The summed E-state index contributed by atoms with van der Waals surface area (Å²) >= 11 is 0. The molecule has 6 atom stereocenters. The average molecular weight is 728 g/mol. The van der Waals surface area contributed by atoms with Crippen molar-refractivity contribution < 1.29 is 28.2 Å². The van der Waals surface area contributed by atoms with Crippen molar-refractivity contribution in [3.8, 4) is 12.3 Å². The number of ketones is 1. The first-order valence-electron chi connectivity index (χ1n) is 19.3. The number of Topliss-reactive ketones (excluding diaryl/α,β-unsaturated/α-hetero) is 1. The summed E-state index contributed by atoms with van der Waals surface area (Å²) in [5.41, 5.74) is -1.33. The maximum atomic E-state index is 14.9. The molecular formula is C39H61N5O6S. The van der Waals surface area contributed by atoms with Crippen LogP contribution in [0.1, 0.15) is 125 Å². The van der Waals surface area contributed by atoms with Crippen LogP contribution >= 0.6 is 0 Å². The highest BCUT2D eigenvalue weighted by molar-refractivity contribution is 7.86. The number of piperidine rings is 1. The molecular weight excluding hydrogens is 667 g/mol. The molecule has 5 fully saturated rings. The van der Waals surface area contributed by atoms with Gasteiger partial charge in [0.2, 0.25) is 17.6 Å². The molecule has 1 aliphatic heterocycles. The largest absolute Gasteiger partial charge is 0.344 e. The lowest BCUT2D eigenvalue weighted by atomic mass is 9.70. The zero-order chi connectivity index (χ0) is 37.4. The smallest absolute Gasteiger partial charge is 0.315 e. The highest BCUT2D eigenvalue weighted by atomic mass is 32.2. The maximum Gasteiger partial charge on any atom is 0.315 e. The van der Waals surface area contributed by atoms with Crippen LogP contribution in [0.2, 0.25) is 0 Å². The van der Waals surface area contributed by atoms with Crippen molar-refractivity contribution in [2.24, 2.45) is 28.6 Å². The Balaban J connectivity index is 1.38. The molecule has 0 aromatic carbocycles. The molecule has 1 saturated heterocycles. The molecule has 4 N–H and O–H groups in total. The van der Waals surface area contributed by atoms with Crippen molar-refractivity contribution >= 4 is 40.3 Å². The van der Waals surface area contributed by atoms with Crippen LogP contribution in [0.3, 0.4) is 0 Å². The first-order chi connectivity index (χ1) is 23.9. The average Bonchev–Trinajstić information content (AvgIpc) is 3.92. The molecule has 0 aromatic heterocycles. The number of hydrogen-bond acceptors (Lipinski definition) is 6. The van der Waals surface area contributed by atoms with Gasteiger partial charge in [0, 0.05) is 27.8 Å². The highest BCUT2D eigenvalue weighted by Gasteiger charge is 2.70. The zero-order valence-corrected chi connectivity index (χ0v) is 32.5. The van der Waals surface area contributed by atoms with Crippen molar-refractivity contribution in [1.29, 1.82) is 0 Å². The van der Waals surface area contributed by atoms with Gasteiger partial charge in [-0.05, 0) is 81.5 Å². The SMILES string of the molecule is C#CCNC(=O)C(=O)C(CC1CC1)NC(=O)[C@@H]1[C@@H]2[C@H](CN1C(=O)[C@@H](NC(=O)NC1(CS(=O)C(C)(C)C)CCCCC1)C1(C)CCCCC1)C2(C)C. The Morgan fingerprint density at radius 3 is 2.10 bits per heavy atom. The van der Waals surface area contributed by atoms with E-state index < -0.39 is 68.3 Å². The van der Waals surface area contributed by atoms with Gasteiger partial charge in [-0.3, -0.25) is 23.4 Å². The van der Waals surface area contributed by atoms with Crippen LogP contribution in [-0.4, -0.2) is 85.9 Å². The summed E-state index contributed by atoms with van der Waals surface area (Å²) in [6.45, 7) is 12.4. The Morgan fingerprint density at radius 1 is 0.922 bits per heavy atom. The van der Waals surface area contributed by atoms with E-state index in [4.69, 9.17) is 6.42 Å². The molecule has 51 heavy (non-hydrogen) atoms. The van der Waals surface area contributed by atoms with Crippen molar-refractivity contribution in [2.45, 2.75) is 153 Å². The van der Waals surface area contributed by atoms with Crippen LogP contribution in [0.4, 0.5) is 4.79 Å². The first-order valence-corrected chi connectivity index (χ1v) is 20.6. The number of amides is 5. The van der Waals surface area contributed by atoms with E-state index in [-0.39, 0.29) is 35.6 Å². The number of carbonyl (C=O) groups is 5. The van der Waals surface area contributed by atoms with Gasteiger partial charge >= 0.3 is 6.03 Å². The Kier molecular flexibility index (Phi) is 11.7. The Morgan fingerprint density at radius 2 is 1.53 bits per heavy atom. The lowest BCUT2D eigenvalue weighted by Crippen LogP contribution is -2.64. The standard InChI is InChI=1S/C39H61N5O6S/c1-8-21-40-33(47)30(45)27(22-25-15-16-25)41-32(46)29-28-26(37(28,5)6)23-44(29)34(48)31(38(7)17-11-9-12-18-38)42-35(49)43-39(19-13-10-14-20-39)24-51(50)36(2,3)4/h1,25-29,31H,9-24H2,2-7H3,(H,40,47)(H,41,46)(H2,42,43,49)/t26-,27?,28-,29-,31+,51?/m0/s1. The first kappa shape index (κ1) is 39.3. The summed E-state index contributed by atoms with van der Waals surface area (Å²) in [7, 11) is -1.18. The van der Waals surface area contributed by atoms with Crippen LogP contribution in [0.25, 0.3) is 0 Å². The minimum Gasteiger partial charge on any atom is -0.344 e. The Hall–Kier alpha value is -2.94. The van der Waals surface area contributed by atoms with Crippen molar-refractivity contribution in [3.63, 3.8) is 0 Å². The second-order valence-corrected chi connectivity index (χ2v) is 20.3. The summed E-state index contributed by atoms with van der Waals surface area (Å²) in [4.78, 5) is 70.8. The maximum absolute atomic E-state index is 14.9. The molecule has 12 heteroatoms. The van der Waals surface area contributed by atoms with E-state index in [1.54, 1.807) is 4.90 Å². The van der Waals surface area contributed by atoms with E-state index in [9.17, 15) is 28.2 Å². The number of rotatable bonds is 13. The van der Waals surface area contributed by atoms with Crippen molar-refractivity contribution in [3.05, 3.63) is 0 Å². The lowest BCUT2D eigenvalue weighted by molar-refractivity contribution is -0.146. The van der Waals surface area contributed by atoms with E-state index in [0.717, 1.165) is 77.0 Å².